The third kappa shape index (κ3) is 4.25. The number of nitrogens with zero attached hydrogens (tertiary/aromatic N) is 1. The Kier molecular flexibility index (Phi) is 6.98. The van der Waals surface area contributed by atoms with Gasteiger partial charge in [-0.3, -0.25) is 14.5 Å². The monoisotopic (exact) mass is 415 g/mol. The van der Waals surface area contributed by atoms with Gasteiger partial charge in [-0.15, -0.1) is 0 Å². The largest absolute Gasteiger partial charge is 0.493 e. The molecule has 1 atom stereocenters. The van der Waals surface area contributed by atoms with E-state index in [9.17, 15) is 9.59 Å². The van der Waals surface area contributed by atoms with E-state index in [1.807, 2.05) is 26.0 Å². The lowest BCUT2D eigenvalue weighted by Crippen LogP contribution is -2.33. The van der Waals surface area contributed by atoms with Gasteiger partial charge in [0.1, 0.15) is 0 Å². The zero-order valence-corrected chi connectivity index (χ0v) is 16.5. The molecule has 1 heterocycles. The molecule has 5 nitrogen and oxygen atoms in total. The Morgan fingerprint density at radius 3 is 2.62 bits per heavy atom. The normalized spacial score (nSPS) is 17.5. The number of ether oxygens (including phenoxy) is 2. The third-order valence-electron chi connectivity index (χ3n) is 3.78. The van der Waals surface area contributed by atoms with Gasteiger partial charge in [-0.1, -0.05) is 41.0 Å². The Bertz CT molecular complexity index is 623. The summed E-state index contributed by atoms with van der Waals surface area (Å²) in [6.07, 6.45) is 2.26. The predicted octanol–water partition coefficient (Wildman–Crippen LogP) is 4.26. The summed E-state index contributed by atoms with van der Waals surface area (Å²) in [4.78, 5) is 25.9. The molecule has 132 valence electrons. The van der Waals surface area contributed by atoms with Crippen molar-refractivity contribution < 1.29 is 19.1 Å². The zero-order chi connectivity index (χ0) is 17.7. The predicted molar refractivity (Wildman–Crippen MR) is 99.0 cm³/mol. The third-order valence-corrected chi connectivity index (χ3v) is 5.59. The summed E-state index contributed by atoms with van der Waals surface area (Å²) >= 11 is 4.63. The van der Waals surface area contributed by atoms with Crippen molar-refractivity contribution in [1.29, 1.82) is 0 Å². The maximum atomic E-state index is 12.5. The van der Waals surface area contributed by atoms with E-state index in [2.05, 4.69) is 15.9 Å². The van der Waals surface area contributed by atoms with Gasteiger partial charge in [-0.2, -0.15) is 0 Å². The maximum absolute atomic E-state index is 12.5. The van der Waals surface area contributed by atoms with Crippen LogP contribution in [0, 0.1) is 0 Å². The highest BCUT2D eigenvalue weighted by Crippen LogP contribution is 2.37. The smallest absolute Gasteiger partial charge is 0.289 e. The van der Waals surface area contributed by atoms with E-state index in [0.29, 0.717) is 31.1 Å². The average molecular weight is 416 g/mol. The number of halogens is 1. The van der Waals surface area contributed by atoms with Gasteiger partial charge in [0.05, 0.1) is 19.0 Å². The van der Waals surface area contributed by atoms with Crippen molar-refractivity contribution in [2.75, 3.05) is 20.3 Å². The molecule has 0 aromatic heterocycles. The fraction of sp³-hybridized carbons (Fsp3) is 0.529. The quantitative estimate of drug-likeness (QED) is 0.634. The van der Waals surface area contributed by atoms with Crippen LogP contribution in [-0.2, 0) is 11.2 Å². The van der Waals surface area contributed by atoms with Gasteiger partial charge in [0.2, 0.25) is 5.91 Å². The molecule has 1 saturated heterocycles. The summed E-state index contributed by atoms with van der Waals surface area (Å²) in [5.74, 6) is 1.18. The van der Waals surface area contributed by atoms with Crippen LogP contribution in [0.5, 0.6) is 11.5 Å². The molecule has 0 unspecified atom stereocenters. The Morgan fingerprint density at radius 1 is 1.25 bits per heavy atom. The molecular formula is C17H22BrNO4S. The summed E-state index contributed by atoms with van der Waals surface area (Å²) in [7, 11) is 1.58. The average Bonchev–Trinajstić information content (AvgIpc) is 2.82. The van der Waals surface area contributed by atoms with Gasteiger partial charge in [0.25, 0.3) is 5.24 Å². The van der Waals surface area contributed by atoms with E-state index in [1.165, 1.54) is 4.90 Å². The van der Waals surface area contributed by atoms with E-state index in [1.54, 1.807) is 7.11 Å². The molecule has 24 heavy (non-hydrogen) atoms. The van der Waals surface area contributed by atoms with Crippen LogP contribution in [0.15, 0.2) is 16.6 Å². The number of rotatable bonds is 8. The van der Waals surface area contributed by atoms with Crippen LogP contribution in [-0.4, -0.2) is 41.6 Å². The number of unbranched alkanes of at least 4 members (excludes halogenated alkanes) is 1. The number of hydrogen-bond donors (Lipinski definition) is 0. The van der Waals surface area contributed by atoms with E-state index < -0.39 is 0 Å². The van der Waals surface area contributed by atoms with Crippen molar-refractivity contribution in [2.45, 2.75) is 38.4 Å². The van der Waals surface area contributed by atoms with E-state index in [0.717, 1.165) is 34.6 Å². The van der Waals surface area contributed by atoms with Crippen LogP contribution < -0.4 is 9.47 Å². The molecule has 0 radical (unpaired) electrons. The van der Waals surface area contributed by atoms with Crippen LogP contribution in [0.25, 0.3) is 0 Å². The first-order chi connectivity index (χ1) is 11.5. The Labute approximate surface area is 155 Å². The number of carbonyl (C=O) groups excluding carboxylic acids is 2. The van der Waals surface area contributed by atoms with E-state index in [-0.39, 0.29) is 16.4 Å². The molecule has 1 aliphatic heterocycles. The number of benzene rings is 1. The highest BCUT2D eigenvalue weighted by molar-refractivity contribution is 9.10. The number of thioether (sulfide) groups is 1. The lowest BCUT2D eigenvalue weighted by molar-refractivity contribution is -0.126. The molecule has 2 rings (SSSR count). The van der Waals surface area contributed by atoms with Gasteiger partial charge in [0, 0.05) is 11.0 Å². The van der Waals surface area contributed by atoms with E-state index in [4.69, 9.17) is 9.47 Å². The van der Waals surface area contributed by atoms with Crippen molar-refractivity contribution in [3.63, 3.8) is 0 Å². The molecule has 0 bridgehead atoms. The molecule has 1 aromatic rings. The topological polar surface area (TPSA) is 55.8 Å². The van der Waals surface area contributed by atoms with Crippen molar-refractivity contribution in [1.82, 2.24) is 4.90 Å². The van der Waals surface area contributed by atoms with Crippen molar-refractivity contribution in [3.05, 3.63) is 22.2 Å². The summed E-state index contributed by atoms with van der Waals surface area (Å²) in [5, 5.41) is -0.527. The molecule has 0 N–H and O–H groups in total. The minimum atomic E-state index is -0.381. The first kappa shape index (κ1) is 19.1. The number of carbonyl (C=O) groups is 2. The van der Waals surface area contributed by atoms with Crippen molar-refractivity contribution >= 4 is 38.8 Å². The van der Waals surface area contributed by atoms with Crippen molar-refractivity contribution in [3.8, 4) is 11.5 Å². The first-order valence-corrected chi connectivity index (χ1v) is 9.70. The number of hydrogen-bond acceptors (Lipinski definition) is 5. The molecule has 1 fully saturated rings. The molecule has 1 aliphatic rings. The SMILES string of the molecule is CCCCN1C(=O)S[C@H](Cc2cc(OC)c(OCC)cc2Br)C1=O. The highest BCUT2D eigenvalue weighted by Gasteiger charge is 2.39. The minimum Gasteiger partial charge on any atom is -0.493 e. The Hall–Kier alpha value is -1.21. The lowest BCUT2D eigenvalue weighted by atomic mass is 10.1. The summed E-state index contributed by atoms with van der Waals surface area (Å²) in [6.45, 7) is 5.00. The summed E-state index contributed by atoms with van der Waals surface area (Å²) < 4.78 is 11.8. The lowest BCUT2D eigenvalue weighted by Gasteiger charge is -2.15. The molecule has 0 aliphatic carbocycles. The van der Waals surface area contributed by atoms with Crippen LogP contribution in [0.2, 0.25) is 0 Å². The summed E-state index contributed by atoms with van der Waals surface area (Å²) in [5.41, 5.74) is 0.922. The van der Waals surface area contributed by atoms with E-state index >= 15 is 0 Å². The first-order valence-electron chi connectivity index (χ1n) is 8.03. The number of imide groups is 1. The fourth-order valence-corrected chi connectivity index (χ4v) is 4.03. The van der Waals surface area contributed by atoms with Crippen LogP contribution >= 0.6 is 27.7 Å². The Balaban J connectivity index is 2.16. The van der Waals surface area contributed by atoms with Crippen molar-refractivity contribution in [2.24, 2.45) is 0 Å². The van der Waals surface area contributed by atoms with Gasteiger partial charge in [-0.05, 0) is 37.5 Å². The highest BCUT2D eigenvalue weighted by atomic mass is 79.9. The second-order valence-corrected chi connectivity index (χ2v) is 7.46. The zero-order valence-electron chi connectivity index (χ0n) is 14.1. The molecule has 7 heteroatoms. The fourth-order valence-electron chi connectivity index (χ4n) is 2.51. The maximum Gasteiger partial charge on any atom is 0.289 e. The second kappa shape index (κ2) is 8.76. The minimum absolute atomic E-state index is 0.0989. The van der Waals surface area contributed by atoms with Crippen LogP contribution in [0.1, 0.15) is 32.3 Å². The molecule has 0 spiro atoms. The number of amides is 2. The Morgan fingerprint density at radius 2 is 2.00 bits per heavy atom. The standard InChI is InChI=1S/C17H22BrNO4S/c1-4-6-7-19-16(20)15(24-17(19)21)9-11-8-13(22-3)14(23-5-2)10-12(11)18/h8,10,15H,4-7,9H2,1-3H3/t15-/m1/s1. The van der Waals surface area contributed by atoms with Gasteiger partial charge in [-0.25, -0.2) is 0 Å². The van der Waals surface area contributed by atoms with Crippen LogP contribution in [0.3, 0.4) is 0 Å². The molecular weight excluding hydrogens is 394 g/mol. The number of methoxy groups -OCH3 is 1. The second-order valence-electron chi connectivity index (χ2n) is 5.45. The van der Waals surface area contributed by atoms with Gasteiger partial charge in [0.15, 0.2) is 11.5 Å². The van der Waals surface area contributed by atoms with Gasteiger partial charge >= 0.3 is 0 Å². The molecule has 1 aromatic carbocycles. The molecule has 2 amide bonds. The van der Waals surface area contributed by atoms with Gasteiger partial charge < -0.3 is 9.47 Å². The van der Waals surface area contributed by atoms with Crippen LogP contribution in [0.4, 0.5) is 4.79 Å². The molecule has 0 saturated carbocycles. The summed E-state index contributed by atoms with van der Waals surface area (Å²) in [6, 6.07) is 3.71.